The molecule has 2 aromatic heterocycles. The number of benzene rings is 1. The minimum atomic E-state index is -0.246. The zero-order valence-electron chi connectivity index (χ0n) is 22.5. The summed E-state index contributed by atoms with van der Waals surface area (Å²) in [5, 5.41) is 25.2. The molecule has 1 atom stereocenters. The Morgan fingerprint density at radius 3 is 2.74 bits per heavy atom. The monoisotopic (exact) mass is 531 g/mol. The molecule has 10 heteroatoms. The van der Waals surface area contributed by atoms with Crippen LogP contribution in [0.3, 0.4) is 0 Å². The second-order valence-electron chi connectivity index (χ2n) is 11.4. The summed E-state index contributed by atoms with van der Waals surface area (Å²) >= 11 is 6.78. The number of hydrazine groups is 1. The van der Waals surface area contributed by atoms with Crippen LogP contribution < -0.4 is 21.1 Å². The summed E-state index contributed by atoms with van der Waals surface area (Å²) in [7, 11) is 3.98. The van der Waals surface area contributed by atoms with E-state index >= 15 is 0 Å². The number of hydrazone groups is 1. The third-order valence-electron chi connectivity index (χ3n) is 6.68. The molecule has 1 saturated carbocycles. The maximum Gasteiger partial charge on any atom is 0.133 e. The molecule has 0 bridgehead atoms. The van der Waals surface area contributed by atoms with Crippen LogP contribution in [-0.4, -0.2) is 53.9 Å². The van der Waals surface area contributed by atoms with Crippen molar-refractivity contribution in [2.45, 2.75) is 45.7 Å². The Bertz CT molecular complexity index is 1420. The molecule has 0 saturated heterocycles. The fourth-order valence-corrected chi connectivity index (χ4v) is 4.88. The topological polar surface area (TPSA) is 104 Å². The highest BCUT2D eigenvalue weighted by atomic mass is 35.5. The van der Waals surface area contributed by atoms with E-state index in [-0.39, 0.29) is 11.5 Å². The van der Waals surface area contributed by atoms with Crippen molar-refractivity contribution < 1.29 is 0 Å². The lowest BCUT2D eigenvalue weighted by atomic mass is 9.96. The van der Waals surface area contributed by atoms with Crippen LogP contribution in [0.15, 0.2) is 41.8 Å². The number of nitriles is 1. The van der Waals surface area contributed by atoms with Gasteiger partial charge >= 0.3 is 0 Å². The Kier molecular flexibility index (Phi) is 7.03. The van der Waals surface area contributed by atoms with Crippen LogP contribution in [0.25, 0.3) is 10.9 Å². The van der Waals surface area contributed by atoms with Gasteiger partial charge in [-0.2, -0.15) is 15.4 Å². The van der Waals surface area contributed by atoms with Crippen molar-refractivity contribution in [2.75, 3.05) is 42.7 Å². The zero-order chi connectivity index (χ0) is 27.0. The van der Waals surface area contributed by atoms with Crippen molar-refractivity contribution in [2.24, 2.45) is 10.5 Å². The quantitative estimate of drug-likeness (QED) is 0.365. The van der Waals surface area contributed by atoms with E-state index in [0.717, 1.165) is 33.9 Å². The molecule has 3 heterocycles. The predicted octanol–water partition coefficient (Wildman–Crippen LogP) is 5.17. The molecule has 38 heavy (non-hydrogen) atoms. The molecule has 0 amide bonds. The molecule has 198 valence electrons. The molecule has 0 radical (unpaired) electrons. The molecule has 1 fully saturated rings. The van der Waals surface area contributed by atoms with E-state index in [1.54, 1.807) is 12.4 Å². The van der Waals surface area contributed by atoms with Gasteiger partial charge in [0, 0.05) is 55.7 Å². The van der Waals surface area contributed by atoms with Gasteiger partial charge in [0.2, 0.25) is 0 Å². The van der Waals surface area contributed by atoms with E-state index in [9.17, 15) is 5.26 Å². The summed E-state index contributed by atoms with van der Waals surface area (Å²) in [5.41, 5.74) is 7.91. The average Bonchev–Trinajstić information content (AvgIpc) is 3.62. The summed E-state index contributed by atoms with van der Waals surface area (Å²) in [6, 6.07) is 10.5. The molecule has 9 nitrogen and oxygen atoms in total. The van der Waals surface area contributed by atoms with Gasteiger partial charge in [-0.15, -0.1) is 0 Å². The van der Waals surface area contributed by atoms with Crippen molar-refractivity contribution in [1.29, 1.82) is 5.26 Å². The number of halogens is 1. The largest absolute Gasteiger partial charge is 0.383 e. The maximum atomic E-state index is 9.82. The van der Waals surface area contributed by atoms with Gasteiger partial charge in [-0.25, -0.2) is 10.5 Å². The highest BCUT2D eigenvalue weighted by Crippen LogP contribution is 2.37. The molecule has 3 aromatic rings. The van der Waals surface area contributed by atoms with Gasteiger partial charge in [0.1, 0.15) is 11.9 Å². The molecule has 1 aliphatic carbocycles. The number of anilines is 3. The lowest BCUT2D eigenvalue weighted by Gasteiger charge is -2.26. The normalized spacial score (nSPS) is 16.5. The number of nitrogens with one attached hydrogen (secondary N) is 3. The van der Waals surface area contributed by atoms with Crippen molar-refractivity contribution in [3.8, 4) is 6.07 Å². The first-order valence-corrected chi connectivity index (χ1v) is 13.3. The van der Waals surface area contributed by atoms with Gasteiger partial charge in [0.05, 0.1) is 40.1 Å². The third kappa shape index (κ3) is 5.47. The molecular weight excluding hydrogens is 498 g/mol. The standard InChI is InChI=1S/C28H34ClN9/c1-28(2,3)16-33-24-17(13-30)14-32-25-21(24)11-18(12-22(25)29)34-26(20-7-6-10-31-27(20)37(4)5)23-15-38(36-35-23)19-8-9-19/h6-7,10-12,14,19,26,34,36H,8-9,15-16H2,1-5H3,(H,32,33)/t26-/m0/s1. The lowest BCUT2D eigenvalue weighted by molar-refractivity contribution is 0.232. The van der Waals surface area contributed by atoms with Crippen molar-refractivity contribution in [3.63, 3.8) is 0 Å². The number of fused-ring (bicyclic) bond motifs is 1. The first-order chi connectivity index (χ1) is 18.1. The fourth-order valence-electron chi connectivity index (χ4n) is 4.61. The van der Waals surface area contributed by atoms with Gasteiger partial charge in [-0.3, -0.25) is 4.98 Å². The summed E-state index contributed by atoms with van der Waals surface area (Å²) in [5.74, 6) is 0.866. The minimum absolute atomic E-state index is 0.0248. The highest BCUT2D eigenvalue weighted by molar-refractivity contribution is 6.36. The Morgan fingerprint density at radius 2 is 2.05 bits per heavy atom. The van der Waals surface area contributed by atoms with Crippen LogP contribution >= 0.6 is 11.6 Å². The molecule has 2 aliphatic rings. The number of nitrogens with zero attached hydrogens (tertiary/aromatic N) is 6. The molecule has 1 aliphatic heterocycles. The van der Waals surface area contributed by atoms with Crippen LogP contribution in [0.2, 0.25) is 5.02 Å². The van der Waals surface area contributed by atoms with Gasteiger partial charge in [-0.1, -0.05) is 38.4 Å². The van der Waals surface area contributed by atoms with Crippen LogP contribution in [0.1, 0.15) is 50.8 Å². The molecular formula is C28H34ClN9. The second-order valence-corrected chi connectivity index (χ2v) is 11.8. The summed E-state index contributed by atoms with van der Waals surface area (Å²) in [6.07, 6.45) is 5.75. The van der Waals surface area contributed by atoms with Gasteiger partial charge < -0.3 is 15.5 Å². The first kappa shape index (κ1) is 26.0. The van der Waals surface area contributed by atoms with Crippen molar-refractivity contribution in [1.82, 2.24) is 20.5 Å². The number of aromatic nitrogens is 2. The Hall–Kier alpha value is -3.61. The SMILES string of the molecule is CN(C)c1ncccc1[C@H](Nc1cc(Cl)c2ncc(C#N)c(NCC(C)(C)C)c2c1)C1=NNN(C2CC2)C1. The first-order valence-electron chi connectivity index (χ1n) is 12.9. The van der Waals surface area contributed by atoms with Crippen molar-refractivity contribution >= 4 is 45.4 Å². The summed E-state index contributed by atoms with van der Waals surface area (Å²) < 4.78 is 0. The number of rotatable bonds is 8. The zero-order valence-corrected chi connectivity index (χ0v) is 23.3. The Labute approximate surface area is 228 Å². The maximum absolute atomic E-state index is 9.82. The van der Waals surface area contributed by atoms with E-state index in [1.807, 2.05) is 37.2 Å². The molecule has 3 N–H and O–H groups in total. The van der Waals surface area contributed by atoms with Crippen LogP contribution in [0, 0.1) is 16.7 Å². The third-order valence-corrected chi connectivity index (χ3v) is 6.97. The average molecular weight is 532 g/mol. The molecule has 0 unspecified atom stereocenters. The van der Waals surface area contributed by atoms with E-state index < -0.39 is 0 Å². The molecule has 1 aromatic carbocycles. The predicted molar refractivity (Wildman–Crippen MR) is 155 cm³/mol. The Morgan fingerprint density at radius 1 is 1.26 bits per heavy atom. The number of pyridine rings is 2. The highest BCUT2D eigenvalue weighted by Gasteiger charge is 2.36. The molecule has 5 rings (SSSR count). The minimum Gasteiger partial charge on any atom is -0.383 e. The van der Waals surface area contributed by atoms with Crippen LogP contribution in [0.4, 0.5) is 17.2 Å². The Balaban J connectivity index is 1.57. The van der Waals surface area contributed by atoms with Gasteiger partial charge in [0.15, 0.2) is 0 Å². The van der Waals surface area contributed by atoms with E-state index in [1.165, 1.54) is 12.8 Å². The van der Waals surface area contributed by atoms with Crippen LogP contribution in [0.5, 0.6) is 0 Å². The number of hydrogen-bond acceptors (Lipinski definition) is 9. The second kappa shape index (κ2) is 10.3. The smallest absolute Gasteiger partial charge is 0.133 e. The van der Waals surface area contributed by atoms with E-state index in [0.29, 0.717) is 35.2 Å². The summed E-state index contributed by atoms with van der Waals surface area (Å²) in [4.78, 5) is 11.2. The van der Waals surface area contributed by atoms with Crippen LogP contribution in [-0.2, 0) is 0 Å². The molecule has 0 spiro atoms. The van der Waals surface area contributed by atoms with E-state index in [2.05, 4.69) is 64.1 Å². The lowest BCUT2D eigenvalue weighted by Crippen LogP contribution is -2.35. The van der Waals surface area contributed by atoms with Gasteiger partial charge in [0.25, 0.3) is 0 Å². The van der Waals surface area contributed by atoms with Crippen molar-refractivity contribution in [3.05, 3.63) is 52.8 Å². The van der Waals surface area contributed by atoms with E-state index in [4.69, 9.17) is 16.7 Å². The summed E-state index contributed by atoms with van der Waals surface area (Å²) in [6.45, 7) is 7.86. The fraction of sp³-hybridized carbons (Fsp3) is 0.429. The number of hydrogen-bond donors (Lipinski definition) is 3. The van der Waals surface area contributed by atoms with Gasteiger partial charge in [-0.05, 0) is 36.5 Å².